The Bertz CT molecular complexity index is 649. The molecule has 25 heavy (non-hydrogen) atoms. The molecule has 2 aliphatic heterocycles. The van der Waals surface area contributed by atoms with E-state index in [1.54, 1.807) is 42.2 Å². The van der Waals surface area contributed by atoms with Crippen LogP contribution in [-0.4, -0.2) is 56.8 Å². The van der Waals surface area contributed by atoms with E-state index in [0.717, 1.165) is 25.8 Å². The second-order valence-electron chi connectivity index (χ2n) is 6.41. The largest absolute Gasteiger partial charge is 0.495 e. The molecule has 0 radical (unpaired) electrons. The third-order valence-corrected chi connectivity index (χ3v) is 4.79. The summed E-state index contributed by atoms with van der Waals surface area (Å²) in [7, 11) is 3.26. The summed E-state index contributed by atoms with van der Waals surface area (Å²) < 4.78 is 10.7. The lowest BCUT2D eigenvalue weighted by molar-refractivity contribution is -0.117. The molecule has 2 fully saturated rings. The van der Waals surface area contributed by atoms with Crippen LogP contribution in [0.25, 0.3) is 0 Å². The molecule has 1 aromatic carbocycles. The Hall–Kier alpha value is -2.28. The first-order valence-electron chi connectivity index (χ1n) is 8.69. The van der Waals surface area contributed by atoms with Crippen molar-refractivity contribution in [2.75, 3.05) is 44.1 Å². The van der Waals surface area contributed by atoms with Crippen molar-refractivity contribution in [3.8, 4) is 5.75 Å². The third-order valence-electron chi connectivity index (χ3n) is 4.79. The Morgan fingerprint density at radius 3 is 2.76 bits per heavy atom. The Morgan fingerprint density at radius 2 is 2.08 bits per heavy atom. The first-order valence-corrected chi connectivity index (χ1v) is 8.69. The Balaban J connectivity index is 1.74. The fourth-order valence-corrected chi connectivity index (χ4v) is 3.40. The summed E-state index contributed by atoms with van der Waals surface area (Å²) >= 11 is 0. The lowest BCUT2D eigenvalue weighted by Crippen LogP contribution is -2.44. The molecular weight excluding hydrogens is 322 g/mol. The monoisotopic (exact) mass is 347 g/mol. The van der Waals surface area contributed by atoms with Crippen molar-refractivity contribution in [3.63, 3.8) is 0 Å². The first-order chi connectivity index (χ1) is 12.1. The summed E-state index contributed by atoms with van der Waals surface area (Å²) in [5.41, 5.74) is 1.36. The molecule has 3 rings (SSSR count). The van der Waals surface area contributed by atoms with Crippen LogP contribution in [0.15, 0.2) is 18.2 Å². The highest BCUT2D eigenvalue weighted by Crippen LogP contribution is 2.34. The highest BCUT2D eigenvalue weighted by Gasteiger charge is 2.26. The van der Waals surface area contributed by atoms with Gasteiger partial charge in [-0.15, -0.1) is 0 Å². The number of rotatable bonds is 4. The third kappa shape index (κ3) is 3.87. The number of piperidine rings is 1. The molecule has 0 spiro atoms. The number of anilines is 2. The van der Waals surface area contributed by atoms with Gasteiger partial charge in [-0.05, 0) is 37.5 Å². The van der Waals surface area contributed by atoms with Gasteiger partial charge in [0, 0.05) is 38.9 Å². The van der Waals surface area contributed by atoms with Crippen LogP contribution in [0.3, 0.4) is 0 Å². The predicted molar refractivity (Wildman–Crippen MR) is 95.2 cm³/mol. The standard InChI is InChI=1S/C18H25N3O4/c1-24-14-5-3-9-20(12-14)18(23)19-13-7-8-16(25-2)15(11-13)21-10-4-6-17(21)22/h7-8,11,14H,3-6,9-10,12H2,1-2H3,(H,19,23)/t14-/m0/s1. The fraction of sp³-hybridized carbons (Fsp3) is 0.556. The van der Waals surface area contributed by atoms with E-state index >= 15 is 0 Å². The van der Waals surface area contributed by atoms with Crippen LogP contribution in [0, 0.1) is 0 Å². The minimum Gasteiger partial charge on any atom is -0.495 e. The Labute approximate surface area is 147 Å². The second kappa shape index (κ2) is 7.74. The van der Waals surface area contributed by atoms with Crippen molar-refractivity contribution in [2.45, 2.75) is 31.8 Å². The van der Waals surface area contributed by atoms with Gasteiger partial charge < -0.3 is 24.6 Å². The maximum atomic E-state index is 12.5. The van der Waals surface area contributed by atoms with E-state index in [4.69, 9.17) is 9.47 Å². The molecule has 2 heterocycles. The average molecular weight is 347 g/mol. The van der Waals surface area contributed by atoms with E-state index in [1.165, 1.54) is 0 Å². The molecule has 3 amide bonds. The van der Waals surface area contributed by atoms with E-state index in [-0.39, 0.29) is 18.0 Å². The van der Waals surface area contributed by atoms with Gasteiger partial charge in [-0.3, -0.25) is 4.79 Å². The zero-order valence-electron chi connectivity index (χ0n) is 14.8. The lowest BCUT2D eigenvalue weighted by Gasteiger charge is -2.32. The molecule has 1 aromatic rings. The number of carbonyl (C=O) groups is 2. The molecule has 2 saturated heterocycles. The average Bonchev–Trinajstić information content (AvgIpc) is 3.07. The zero-order chi connectivity index (χ0) is 17.8. The van der Waals surface area contributed by atoms with Crippen LogP contribution >= 0.6 is 0 Å². The van der Waals surface area contributed by atoms with Crippen molar-refractivity contribution < 1.29 is 19.1 Å². The predicted octanol–water partition coefficient (Wildman–Crippen LogP) is 2.46. The van der Waals surface area contributed by atoms with Crippen LogP contribution in [0.2, 0.25) is 0 Å². The number of nitrogens with one attached hydrogen (secondary N) is 1. The molecule has 2 aliphatic rings. The first kappa shape index (κ1) is 17.5. The summed E-state index contributed by atoms with van der Waals surface area (Å²) in [4.78, 5) is 28.1. The van der Waals surface area contributed by atoms with Gasteiger partial charge in [-0.1, -0.05) is 0 Å². The van der Waals surface area contributed by atoms with E-state index in [9.17, 15) is 9.59 Å². The summed E-state index contributed by atoms with van der Waals surface area (Å²) in [6, 6.07) is 5.23. The molecule has 7 heteroatoms. The maximum absolute atomic E-state index is 12.5. The normalized spacial score (nSPS) is 20.7. The quantitative estimate of drug-likeness (QED) is 0.908. The SMILES string of the molecule is COc1ccc(NC(=O)N2CCC[C@H](OC)C2)cc1N1CCCC1=O. The van der Waals surface area contributed by atoms with Gasteiger partial charge in [0.2, 0.25) is 5.91 Å². The minimum absolute atomic E-state index is 0.0840. The number of methoxy groups -OCH3 is 2. The number of benzene rings is 1. The number of nitrogens with zero attached hydrogens (tertiary/aromatic N) is 2. The van der Waals surface area contributed by atoms with Crippen molar-refractivity contribution in [1.82, 2.24) is 4.90 Å². The molecule has 7 nitrogen and oxygen atoms in total. The van der Waals surface area contributed by atoms with Gasteiger partial charge in [0.05, 0.1) is 18.9 Å². The zero-order valence-corrected chi connectivity index (χ0v) is 14.8. The molecular formula is C18H25N3O4. The summed E-state index contributed by atoms with van der Waals surface area (Å²) in [6.07, 6.45) is 3.39. The van der Waals surface area contributed by atoms with Gasteiger partial charge in [0.1, 0.15) is 5.75 Å². The van der Waals surface area contributed by atoms with Gasteiger partial charge in [-0.2, -0.15) is 0 Å². The van der Waals surface area contributed by atoms with Crippen molar-refractivity contribution in [2.24, 2.45) is 0 Å². The van der Waals surface area contributed by atoms with Crippen LogP contribution in [0.5, 0.6) is 5.75 Å². The van der Waals surface area contributed by atoms with Crippen LogP contribution in [0.4, 0.5) is 16.2 Å². The van der Waals surface area contributed by atoms with E-state index in [0.29, 0.717) is 36.6 Å². The molecule has 1 atom stereocenters. The molecule has 0 aliphatic carbocycles. The number of amides is 3. The smallest absolute Gasteiger partial charge is 0.321 e. The van der Waals surface area contributed by atoms with Gasteiger partial charge in [0.15, 0.2) is 0 Å². The van der Waals surface area contributed by atoms with Crippen LogP contribution < -0.4 is 15.0 Å². The molecule has 136 valence electrons. The number of hydrogen-bond acceptors (Lipinski definition) is 4. The molecule has 0 bridgehead atoms. The highest BCUT2D eigenvalue weighted by molar-refractivity contribution is 5.98. The minimum atomic E-state index is -0.148. The Kier molecular flexibility index (Phi) is 5.43. The van der Waals surface area contributed by atoms with Crippen LogP contribution in [-0.2, 0) is 9.53 Å². The van der Waals surface area contributed by atoms with Crippen molar-refractivity contribution in [3.05, 3.63) is 18.2 Å². The van der Waals surface area contributed by atoms with Gasteiger partial charge in [-0.25, -0.2) is 4.79 Å². The Morgan fingerprint density at radius 1 is 1.24 bits per heavy atom. The van der Waals surface area contributed by atoms with E-state index < -0.39 is 0 Å². The number of urea groups is 1. The van der Waals surface area contributed by atoms with Gasteiger partial charge >= 0.3 is 6.03 Å². The van der Waals surface area contributed by atoms with E-state index in [2.05, 4.69) is 5.32 Å². The van der Waals surface area contributed by atoms with Crippen molar-refractivity contribution in [1.29, 1.82) is 0 Å². The molecule has 1 N–H and O–H groups in total. The number of likely N-dealkylation sites (tertiary alicyclic amines) is 1. The summed E-state index contributed by atoms with van der Waals surface area (Å²) in [5, 5.41) is 2.92. The second-order valence-corrected chi connectivity index (χ2v) is 6.41. The van der Waals surface area contributed by atoms with E-state index in [1.807, 2.05) is 0 Å². The molecule has 0 aromatic heterocycles. The molecule has 0 unspecified atom stereocenters. The summed E-state index contributed by atoms with van der Waals surface area (Å²) in [5.74, 6) is 0.714. The van der Waals surface area contributed by atoms with Gasteiger partial charge in [0.25, 0.3) is 0 Å². The number of carbonyl (C=O) groups excluding carboxylic acids is 2. The fourth-order valence-electron chi connectivity index (χ4n) is 3.40. The van der Waals surface area contributed by atoms with Crippen LogP contribution in [0.1, 0.15) is 25.7 Å². The maximum Gasteiger partial charge on any atom is 0.321 e. The number of ether oxygens (including phenoxy) is 2. The number of hydrogen-bond donors (Lipinski definition) is 1. The topological polar surface area (TPSA) is 71.1 Å². The summed E-state index contributed by atoms with van der Waals surface area (Å²) in [6.45, 7) is 1.99. The van der Waals surface area contributed by atoms with Crippen molar-refractivity contribution >= 4 is 23.3 Å². The lowest BCUT2D eigenvalue weighted by atomic mass is 10.1. The highest BCUT2D eigenvalue weighted by atomic mass is 16.5. The molecule has 0 saturated carbocycles.